The number of para-hydroxylation sites is 1. The van der Waals surface area contributed by atoms with E-state index < -0.39 is 0 Å². The molecule has 2 rings (SSSR count). The Morgan fingerprint density at radius 3 is 2.44 bits per heavy atom. The Morgan fingerprint density at radius 2 is 1.78 bits per heavy atom. The lowest BCUT2D eigenvalue weighted by molar-refractivity contribution is 0.312. The second-order valence-electron chi connectivity index (χ2n) is 5.45. The molecule has 3 heteroatoms. The highest BCUT2D eigenvalue weighted by atomic mass is 15.2. The van der Waals surface area contributed by atoms with Crippen LogP contribution in [0.4, 0.5) is 5.69 Å². The summed E-state index contributed by atoms with van der Waals surface area (Å²) >= 11 is 0. The van der Waals surface area contributed by atoms with Crippen LogP contribution in [0.15, 0.2) is 24.3 Å². The van der Waals surface area contributed by atoms with E-state index in [2.05, 4.69) is 60.3 Å². The fourth-order valence-electron chi connectivity index (χ4n) is 2.33. The van der Waals surface area contributed by atoms with Gasteiger partial charge in [-0.2, -0.15) is 0 Å². The van der Waals surface area contributed by atoms with Gasteiger partial charge >= 0.3 is 0 Å². The number of nitrogens with zero attached hydrogens (tertiary/aromatic N) is 2. The molecule has 0 aliphatic carbocycles. The molecule has 3 nitrogen and oxygen atoms in total. The van der Waals surface area contributed by atoms with Gasteiger partial charge in [0.1, 0.15) is 0 Å². The third kappa shape index (κ3) is 3.47. The number of hydrogen-bond acceptors (Lipinski definition) is 3. The lowest BCUT2D eigenvalue weighted by atomic mass is 10.1. The van der Waals surface area contributed by atoms with Crippen molar-refractivity contribution in [3.63, 3.8) is 0 Å². The van der Waals surface area contributed by atoms with E-state index >= 15 is 0 Å². The first-order valence-corrected chi connectivity index (χ1v) is 6.91. The Kier molecular flexibility index (Phi) is 4.61. The lowest BCUT2D eigenvalue weighted by Gasteiger charge is -2.35. The summed E-state index contributed by atoms with van der Waals surface area (Å²) in [6.07, 6.45) is 0. The summed E-state index contributed by atoms with van der Waals surface area (Å²) < 4.78 is 0. The quantitative estimate of drug-likeness (QED) is 0.877. The predicted octanol–water partition coefficient (Wildman–Crippen LogP) is 1.94. The van der Waals surface area contributed by atoms with E-state index in [4.69, 9.17) is 0 Å². The molecule has 0 spiro atoms. The maximum Gasteiger partial charge on any atom is 0.0412 e. The monoisotopic (exact) mass is 247 g/mol. The van der Waals surface area contributed by atoms with Crippen LogP contribution in [0.1, 0.15) is 19.4 Å². The average molecular weight is 247 g/mol. The molecule has 0 unspecified atom stereocenters. The molecule has 1 aromatic carbocycles. The van der Waals surface area contributed by atoms with Crippen molar-refractivity contribution in [1.29, 1.82) is 0 Å². The average Bonchev–Trinajstić information content (AvgIpc) is 2.38. The number of piperazine rings is 1. The minimum absolute atomic E-state index is 0.533. The molecule has 1 aromatic rings. The first-order chi connectivity index (χ1) is 8.66. The van der Waals surface area contributed by atoms with Crippen LogP contribution in [0.2, 0.25) is 0 Å². The Labute approximate surface area is 111 Å². The van der Waals surface area contributed by atoms with Crippen LogP contribution in [0.5, 0.6) is 0 Å². The van der Waals surface area contributed by atoms with Crippen LogP contribution in [-0.2, 0) is 6.54 Å². The van der Waals surface area contributed by atoms with Crippen molar-refractivity contribution < 1.29 is 0 Å². The topological polar surface area (TPSA) is 18.5 Å². The molecule has 100 valence electrons. The molecular formula is C15H25N3. The second-order valence-corrected chi connectivity index (χ2v) is 5.45. The van der Waals surface area contributed by atoms with Crippen LogP contribution in [0, 0.1) is 0 Å². The first kappa shape index (κ1) is 13.4. The number of rotatable bonds is 4. The molecular weight excluding hydrogens is 222 g/mol. The Morgan fingerprint density at radius 1 is 1.11 bits per heavy atom. The van der Waals surface area contributed by atoms with Crippen molar-refractivity contribution >= 4 is 5.69 Å². The van der Waals surface area contributed by atoms with E-state index in [0.717, 1.165) is 32.7 Å². The van der Waals surface area contributed by atoms with E-state index in [1.165, 1.54) is 11.3 Å². The standard InChI is InChI=1S/C15H25N3/c1-13(2)16-12-14-6-4-5-7-15(14)18-10-8-17(3)9-11-18/h4-7,13,16H,8-12H2,1-3H3. The molecule has 0 atom stereocenters. The number of benzene rings is 1. The summed E-state index contributed by atoms with van der Waals surface area (Å²) in [4.78, 5) is 4.91. The minimum atomic E-state index is 0.533. The number of likely N-dealkylation sites (N-methyl/N-ethyl adjacent to an activating group) is 1. The normalized spacial score (nSPS) is 17.4. The van der Waals surface area contributed by atoms with Gasteiger partial charge in [0.05, 0.1) is 0 Å². The summed E-state index contributed by atoms with van der Waals surface area (Å²) in [5.74, 6) is 0. The fraction of sp³-hybridized carbons (Fsp3) is 0.600. The number of nitrogens with one attached hydrogen (secondary N) is 1. The van der Waals surface area contributed by atoms with Crippen LogP contribution >= 0.6 is 0 Å². The van der Waals surface area contributed by atoms with Gasteiger partial charge < -0.3 is 15.1 Å². The van der Waals surface area contributed by atoms with Crippen LogP contribution < -0.4 is 10.2 Å². The Bertz CT molecular complexity index is 368. The van der Waals surface area contributed by atoms with E-state index in [9.17, 15) is 0 Å². The van der Waals surface area contributed by atoms with Gasteiger partial charge in [0.25, 0.3) is 0 Å². The van der Waals surface area contributed by atoms with Crippen molar-refractivity contribution in [3.8, 4) is 0 Å². The van der Waals surface area contributed by atoms with Gasteiger partial charge in [-0.05, 0) is 18.7 Å². The zero-order chi connectivity index (χ0) is 13.0. The smallest absolute Gasteiger partial charge is 0.0412 e. The van der Waals surface area contributed by atoms with Gasteiger partial charge in [-0.25, -0.2) is 0 Å². The molecule has 1 aliphatic rings. The van der Waals surface area contributed by atoms with Crippen molar-refractivity contribution in [3.05, 3.63) is 29.8 Å². The van der Waals surface area contributed by atoms with Gasteiger partial charge in [0.2, 0.25) is 0 Å². The zero-order valence-corrected chi connectivity index (χ0v) is 11.8. The zero-order valence-electron chi connectivity index (χ0n) is 11.8. The Balaban J connectivity index is 2.07. The molecule has 0 bridgehead atoms. The maximum atomic E-state index is 3.51. The Hall–Kier alpha value is -1.06. The van der Waals surface area contributed by atoms with Crippen LogP contribution in [0.3, 0.4) is 0 Å². The molecule has 1 heterocycles. The molecule has 1 saturated heterocycles. The fourth-order valence-corrected chi connectivity index (χ4v) is 2.33. The van der Waals surface area contributed by atoms with Crippen molar-refractivity contribution in [2.24, 2.45) is 0 Å². The molecule has 0 saturated carbocycles. The molecule has 0 amide bonds. The van der Waals surface area contributed by atoms with Gasteiger partial charge in [-0.3, -0.25) is 0 Å². The predicted molar refractivity (Wildman–Crippen MR) is 78.1 cm³/mol. The number of anilines is 1. The maximum absolute atomic E-state index is 3.51. The highest BCUT2D eigenvalue weighted by molar-refractivity contribution is 5.54. The van der Waals surface area contributed by atoms with E-state index in [0.29, 0.717) is 6.04 Å². The molecule has 0 radical (unpaired) electrons. The highest BCUT2D eigenvalue weighted by Crippen LogP contribution is 2.21. The largest absolute Gasteiger partial charge is 0.369 e. The summed E-state index contributed by atoms with van der Waals surface area (Å²) in [7, 11) is 2.20. The third-order valence-corrected chi connectivity index (χ3v) is 3.54. The third-order valence-electron chi connectivity index (χ3n) is 3.54. The van der Waals surface area contributed by atoms with Crippen LogP contribution in [-0.4, -0.2) is 44.2 Å². The first-order valence-electron chi connectivity index (χ1n) is 6.91. The minimum Gasteiger partial charge on any atom is -0.369 e. The van der Waals surface area contributed by atoms with Gasteiger partial charge in [0.15, 0.2) is 0 Å². The molecule has 0 aromatic heterocycles. The van der Waals surface area contributed by atoms with Gasteiger partial charge in [0, 0.05) is 44.5 Å². The van der Waals surface area contributed by atoms with Gasteiger partial charge in [-0.1, -0.05) is 32.0 Å². The van der Waals surface area contributed by atoms with Crippen LogP contribution in [0.25, 0.3) is 0 Å². The van der Waals surface area contributed by atoms with Crippen molar-refractivity contribution in [2.75, 3.05) is 38.1 Å². The summed E-state index contributed by atoms with van der Waals surface area (Å²) in [5.41, 5.74) is 2.81. The summed E-state index contributed by atoms with van der Waals surface area (Å²) in [6.45, 7) is 9.93. The molecule has 1 N–H and O–H groups in total. The molecule has 1 fully saturated rings. The van der Waals surface area contributed by atoms with E-state index in [-0.39, 0.29) is 0 Å². The highest BCUT2D eigenvalue weighted by Gasteiger charge is 2.16. The second kappa shape index (κ2) is 6.21. The SMILES string of the molecule is CC(C)NCc1ccccc1N1CCN(C)CC1. The van der Waals surface area contributed by atoms with Crippen molar-refractivity contribution in [1.82, 2.24) is 10.2 Å². The lowest BCUT2D eigenvalue weighted by Crippen LogP contribution is -2.45. The summed E-state index contributed by atoms with van der Waals surface area (Å²) in [5, 5.41) is 3.51. The summed E-state index contributed by atoms with van der Waals surface area (Å²) in [6, 6.07) is 9.31. The number of hydrogen-bond donors (Lipinski definition) is 1. The van der Waals surface area contributed by atoms with Crippen molar-refractivity contribution in [2.45, 2.75) is 26.4 Å². The molecule has 1 aliphatic heterocycles. The van der Waals surface area contributed by atoms with Gasteiger partial charge in [-0.15, -0.1) is 0 Å². The van der Waals surface area contributed by atoms with E-state index in [1.807, 2.05) is 0 Å². The molecule has 18 heavy (non-hydrogen) atoms. The van der Waals surface area contributed by atoms with E-state index in [1.54, 1.807) is 0 Å².